The summed E-state index contributed by atoms with van der Waals surface area (Å²) in [5.74, 6) is -0.130. The first-order chi connectivity index (χ1) is 10.5. The molecule has 2 N–H and O–H groups in total. The number of piperazine rings is 1. The molecule has 120 valence electrons. The van der Waals surface area contributed by atoms with Gasteiger partial charge in [-0.1, -0.05) is 6.07 Å². The first kappa shape index (κ1) is 15.5. The predicted octanol–water partition coefficient (Wildman–Crippen LogP) is -0.0331. The topological polar surface area (TPSA) is 83.7 Å². The molecule has 1 fully saturated rings. The normalized spacial score (nSPS) is 19.2. The zero-order valence-corrected chi connectivity index (χ0v) is 13.3. The van der Waals surface area contributed by atoms with Gasteiger partial charge in [0.1, 0.15) is 0 Å². The summed E-state index contributed by atoms with van der Waals surface area (Å²) >= 11 is 0. The number of carbonyl (C=O) groups is 1. The number of carbonyl (C=O) groups excluding carboxylic acids is 1. The van der Waals surface area contributed by atoms with Gasteiger partial charge in [0.15, 0.2) is 0 Å². The smallest absolute Gasteiger partial charge is 0.243 e. The summed E-state index contributed by atoms with van der Waals surface area (Å²) in [6.07, 6.45) is 3.09. The summed E-state index contributed by atoms with van der Waals surface area (Å²) < 4.78 is 26.9. The van der Waals surface area contributed by atoms with Crippen molar-refractivity contribution in [1.29, 1.82) is 0 Å². The number of nitrogens with two attached hydrogens (primary N) is 1. The van der Waals surface area contributed by atoms with E-state index in [1.54, 1.807) is 11.0 Å². The standard InChI is InChI=1S/C15H21N3O3S/c16-11-15(19)17-6-8-18(9-7-17)22(20,21)14-5-4-12-2-1-3-13(12)10-14/h4-5,10H,1-3,6-9,11,16H2. The van der Waals surface area contributed by atoms with Crippen LogP contribution in [0.3, 0.4) is 0 Å². The zero-order chi connectivity index (χ0) is 15.7. The van der Waals surface area contributed by atoms with Crippen LogP contribution in [0.15, 0.2) is 23.1 Å². The number of amides is 1. The van der Waals surface area contributed by atoms with Crippen LogP contribution in [0.4, 0.5) is 0 Å². The van der Waals surface area contributed by atoms with Gasteiger partial charge in [-0.25, -0.2) is 8.42 Å². The Bertz CT molecular complexity index is 679. The minimum atomic E-state index is -3.48. The molecule has 0 atom stereocenters. The summed E-state index contributed by atoms with van der Waals surface area (Å²) in [5, 5.41) is 0. The molecule has 1 aromatic carbocycles. The molecule has 1 saturated heterocycles. The molecule has 1 aliphatic heterocycles. The third kappa shape index (κ3) is 2.76. The largest absolute Gasteiger partial charge is 0.339 e. The number of nitrogens with zero attached hydrogens (tertiary/aromatic N) is 2. The molecule has 3 rings (SSSR count). The van der Waals surface area contributed by atoms with Crippen LogP contribution in [-0.2, 0) is 27.7 Å². The van der Waals surface area contributed by atoms with E-state index in [2.05, 4.69) is 0 Å². The summed E-state index contributed by atoms with van der Waals surface area (Å²) in [6, 6.07) is 5.45. The van der Waals surface area contributed by atoms with Crippen LogP contribution < -0.4 is 5.73 Å². The molecule has 1 amide bonds. The highest BCUT2D eigenvalue weighted by atomic mass is 32.2. The van der Waals surface area contributed by atoms with Gasteiger partial charge >= 0.3 is 0 Å². The maximum Gasteiger partial charge on any atom is 0.243 e. The van der Waals surface area contributed by atoms with Crippen LogP contribution >= 0.6 is 0 Å². The van der Waals surface area contributed by atoms with Gasteiger partial charge in [-0.05, 0) is 42.5 Å². The molecule has 1 heterocycles. The number of fused-ring (bicyclic) bond motifs is 1. The predicted molar refractivity (Wildman–Crippen MR) is 82.9 cm³/mol. The van der Waals surface area contributed by atoms with Crippen LogP contribution in [0, 0.1) is 0 Å². The molecule has 22 heavy (non-hydrogen) atoms. The van der Waals surface area contributed by atoms with Crippen LogP contribution in [0.1, 0.15) is 17.5 Å². The Morgan fingerprint density at radius 2 is 1.77 bits per heavy atom. The molecule has 7 heteroatoms. The van der Waals surface area contributed by atoms with E-state index in [9.17, 15) is 13.2 Å². The number of benzene rings is 1. The summed E-state index contributed by atoms with van der Waals surface area (Å²) in [7, 11) is -3.48. The fourth-order valence-corrected chi connectivity index (χ4v) is 4.64. The van der Waals surface area contributed by atoms with E-state index >= 15 is 0 Å². The molecule has 2 aliphatic rings. The number of aryl methyl sites for hydroxylation is 2. The van der Waals surface area contributed by atoms with Crippen LogP contribution in [0.2, 0.25) is 0 Å². The molecule has 1 aliphatic carbocycles. The highest BCUT2D eigenvalue weighted by molar-refractivity contribution is 7.89. The maximum atomic E-state index is 12.7. The molecular formula is C15H21N3O3S. The van der Waals surface area contributed by atoms with Gasteiger partial charge in [0.05, 0.1) is 11.4 Å². The van der Waals surface area contributed by atoms with Gasteiger partial charge in [-0.15, -0.1) is 0 Å². The lowest BCUT2D eigenvalue weighted by atomic mass is 10.1. The van der Waals surface area contributed by atoms with Gasteiger partial charge in [0.25, 0.3) is 0 Å². The molecule has 0 radical (unpaired) electrons. The number of hydrogen-bond donors (Lipinski definition) is 1. The van der Waals surface area contributed by atoms with Crippen molar-refractivity contribution in [3.8, 4) is 0 Å². The van der Waals surface area contributed by atoms with Crippen molar-refractivity contribution in [2.75, 3.05) is 32.7 Å². The Hall–Kier alpha value is -1.44. The van der Waals surface area contributed by atoms with Crippen LogP contribution in [0.5, 0.6) is 0 Å². The molecular weight excluding hydrogens is 302 g/mol. The van der Waals surface area contributed by atoms with Gasteiger partial charge in [-0.3, -0.25) is 4.79 Å². The second kappa shape index (κ2) is 5.98. The van der Waals surface area contributed by atoms with E-state index in [4.69, 9.17) is 5.73 Å². The Balaban J connectivity index is 1.75. The van der Waals surface area contributed by atoms with Gasteiger partial charge in [0, 0.05) is 26.2 Å². The SMILES string of the molecule is NCC(=O)N1CCN(S(=O)(=O)c2ccc3c(c2)CCC3)CC1. The fraction of sp³-hybridized carbons (Fsp3) is 0.533. The molecule has 0 spiro atoms. The Kier molecular flexibility index (Phi) is 4.20. The number of rotatable bonds is 3. The van der Waals surface area contributed by atoms with Crippen molar-refractivity contribution in [3.63, 3.8) is 0 Å². The van der Waals surface area contributed by atoms with E-state index in [-0.39, 0.29) is 12.5 Å². The van der Waals surface area contributed by atoms with Crippen molar-refractivity contribution < 1.29 is 13.2 Å². The van der Waals surface area contributed by atoms with Crippen LogP contribution in [-0.4, -0.2) is 56.3 Å². The molecule has 0 saturated carbocycles. The zero-order valence-electron chi connectivity index (χ0n) is 12.5. The van der Waals surface area contributed by atoms with E-state index in [0.29, 0.717) is 31.1 Å². The second-order valence-corrected chi connectivity index (χ2v) is 7.71. The van der Waals surface area contributed by atoms with Gasteiger partial charge in [-0.2, -0.15) is 4.31 Å². The lowest BCUT2D eigenvalue weighted by Gasteiger charge is -2.33. The summed E-state index contributed by atoms with van der Waals surface area (Å²) in [5.41, 5.74) is 7.76. The highest BCUT2D eigenvalue weighted by Gasteiger charge is 2.30. The van der Waals surface area contributed by atoms with E-state index in [0.717, 1.165) is 24.8 Å². The molecule has 0 aromatic heterocycles. The van der Waals surface area contributed by atoms with E-state index in [1.807, 2.05) is 12.1 Å². The molecule has 0 unspecified atom stereocenters. The van der Waals surface area contributed by atoms with Gasteiger partial charge in [0.2, 0.25) is 15.9 Å². The average molecular weight is 323 g/mol. The third-order valence-electron chi connectivity index (χ3n) is 4.47. The Morgan fingerprint density at radius 1 is 1.09 bits per heavy atom. The minimum absolute atomic E-state index is 0.0302. The van der Waals surface area contributed by atoms with Crippen molar-refractivity contribution in [2.24, 2.45) is 5.73 Å². The number of hydrogen-bond acceptors (Lipinski definition) is 4. The van der Waals surface area contributed by atoms with E-state index < -0.39 is 10.0 Å². The monoisotopic (exact) mass is 323 g/mol. The molecule has 1 aromatic rings. The highest BCUT2D eigenvalue weighted by Crippen LogP contribution is 2.26. The lowest BCUT2D eigenvalue weighted by molar-refractivity contribution is -0.130. The van der Waals surface area contributed by atoms with Crippen molar-refractivity contribution in [2.45, 2.75) is 24.2 Å². The quantitative estimate of drug-likeness (QED) is 0.846. The Morgan fingerprint density at radius 3 is 2.45 bits per heavy atom. The minimum Gasteiger partial charge on any atom is -0.339 e. The first-order valence-corrected chi connectivity index (χ1v) is 9.06. The van der Waals surface area contributed by atoms with Gasteiger partial charge < -0.3 is 10.6 Å². The Labute approximate surface area is 130 Å². The molecule has 0 bridgehead atoms. The first-order valence-electron chi connectivity index (χ1n) is 7.62. The fourth-order valence-electron chi connectivity index (χ4n) is 3.16. The number of sulfonamides is 1. The average Bonchev–Trinajstić information content (AvgIpc) is 3.01. The summed E-state index contributed by atoms with van der Waals surface area (Å²) in [4.78, 5) is 13.5. The van der Waals surface area contributed by atoms with E-state index in [1.165, 1.54) is 9.87 Å². The van der Waals surface area contributed by atoms with Crippen molar-refractivity contribution >= 4 is 15.9 Å². The maximum absolute atomic E-state index is 12.7. The summed E-state index contributed by atoms with van der Waals surface area (Å²) in [6.45, 7) is 1.42. The lowest BCUT2D eigenvalue weighted by Crippen LogP contribution is -2.51. The van der Waals surface area contributed by atoms with Crippen LogP contribution in [0.25, 0.3) is 0 Å². The van der Waals surface area contributed by atoms with Crippen molar-refractivity contribution in [1.82, 2.24) is 9.21 Å². The van der Waals surface area contributed by atoms with Crippen molar-refractivity contribution in [3.05, 3.63) is 29.3 Å². The molecule has 6 nitrogen and oxygen atoms in total. The second-order valence-electron chi connectivity index (χ2n) is 5.77. The third-order valence-corrected chi connectivity index (χ3v) is 6.37.